The molecule has 1 aromatic carbocycles. The standard InChI is InChI=1S/C27H46N4O7S.CH2O2/c1-26(2,3)37-24(32)28-18-12-7-8-14-20-30(39(36)23-17-11-10-16-22(23)31(34)35)21-15-9-13-19-29-25(33)38-27(4,5)6;2-1-3/h10-11,16-17H,7-9,12-15,18-21H2,1-6H3,(H,28,32)(H,29,33);1H,(H,2,3). The lowest BCUT2D eigenvalue weighted by atomic mass is 10.2. The second-order valence-electron chi connectivity index (χ2n) is 11.3. The highest BCUT2D eigenvalue weighted by Gasteiger charge is 2.23. The van der Waals surface area contributed by atoms with Gasteiger partial charge in [-0.15, -0.1) is 0 Å². The average molecular weight is 617 g/mol. The first-order chi connectivity index (χ1) is 19.6. The number of nitrogens with one attached hydrogen (secondary N) is 2. The van der Waals surface area contributed by atoms with Crippen molar-refractivity contribution in [3.8, 4) is 0 Å². The molecular formula is C28H48N4O9S. The van der Waals surface area contributed by atoms with Crippen molar-refractivity contribution in [2.45, 2.75) is 103 Å². The van der Waals surface area contributed by atoms with Crippen molar-refractivity contribution in [3.63, 3.8) is 0 Å². The van der Waals surface area contributed by atoms with Gasteiger partial charge < -0.3 is 25.2 Å². The van der Waals surface area contributed by atoms with Crippen LogP contribution in [0, 0.1) is 10.1 Å². The third-order valence-electron chi connectivity index (χ3n) is 5.24. The lowest BCUT2D eigenvalue weighted by Crippen LogP contribution is -2.33. The third kappa shape index (κ3) is 19.8. The van der Waals surface area contributed by atoms with Gasteiger partial charge in [-0.05, 0) is 73.3 Å². The lowest BCUT2D eigenvalue weighted by molar-refractivity contribution is -0.387. The number of benzene rings is 1. The zero-order valence-electron chi connectivity index (χ0n) is 25.7. The van der Waals surface area contributed by atoms with Crippen molar-refractivity contribution >= 4 is 35.3 Å². The molecule has 3 N–H and O–H groups in total. The van der Waals surface area contributed by atoms with E-state index in [0.717, 1.165) is 44.9 Å². The highest BCUT2D eigenvalue weighted by molar-refractivity contribution is 7.82. The molecule has 0 fully saturated rings. The van der Waals surface area contributed by atoms with Crippen LogP contribution in [0.25, 0.3) is 0 Å². The Kier molecular flexibility index (Phi) is 19.0. The van der Waals surface area contributed by atoms with Crippen LogP contribution < -0.4 is 10.6 Å². The van der Waals surface area contributed by atoms with Crippen LogP contribution in [0.15, 0.2) is 29.2 Å². The van der Waals surface area contributed by atoms with Gasteiger partial charge in [-0.1, -0.05) is 31.4 Å². The molecule has 0 aromatic heterocycles. The van der Waals surface area contributed by atoms with Gasteiger partial charge in [0, 0.05) is 32.2 Å². The fraction of sp³-hybridized carbons (Fsp3) is 0.679. The summed E-state index contributed by atoms with van der Waals surface area (Å²) < 4.78 is 25.6. The largest absolute Gasteiger partial charge is 0.483 e. The number of carboxylic acid groups (broad SMARTS) is 1. The second-order valence-corrected chi connectivity index (χ2v) is 12.8. The average Bonchev–Trinajstić information content (AvgIpc) is 2.86. The molecule has 0 spiro atoms. The minimum absolute atomic E-state index is 0.157. The maximum atomic E-state index is 13.4. The van der Waals surface area contributed by atoms with Gasteiger partial charge in [0.05, 0.1) is 4.92 Å². The Morgan fingerprint density at radius 1 is 0.881 bits per heavy atom. The predicted octanol–water partition coefficient (Wildman–Crippen LogP) is 5.40. The van der Waals surface area contributed by atoms with Crippen LogP contribution in [0.2, 0.25) is 0 Å². The Balaban J connectivity index is 0.00000535. The first-order valence-electron chi connectivity index (χ1n) is 14.0. The van der Waals surface area contributed by atoms with Gasteiger partial charge in [0.1, 0.15) is 27.1 Å². The van der Waals surface area contributed by atoms with Crippen LogP contribution in [0.5, 0.6) is 0 Å². The molecule has 14 heteroatoms. The molecule has 0 bridgehead atoms. The SMILES string of the molecule is CC(C)(C)OC(=O)NCCCCCCN(CCCCCNC(=O)OC(C)(C)C)S(=O)c1ccccc1[N+](=O)[O-].O=CO. The molecule has 0 saturated heterocycles. The number of nitrogens with zero attached hydrogens (tertiary/aromatic N) is 2. The number of hydrogen-bond acceptors (Lipinski definition) is 8. The Hall–Kier alpha value is -3.26. The molecule has 0 heterocycles. The zero-order valence-corrected chi connectivity index (χ0v) is 26.5. The van der Waals surface area contributed by atoms with Gasteiger partial charge in [-0.3, -0.25) is 14.9 Å². The predicted molar refractivity (Wildman–Crippen MR) is 161 cm³/mol. The van der Waals surface area contributed by atoms with Crippen molar-refractivity contribution in [3.05, 3.63) is 34.4 Å². The number of hydrogen-bond donors (Lipinski definition) is 3. The van der Waals surface area contributed by atoms with Crippen LogP contribution >= 0.6 is 0 Å². The van der Waals surface area contributed by atoms with E-state index in [1.165, 1.54) is 12.1 Å². The Labute approximate surface area is 251 Å². The van der Waals surface area contributed by atoms with Gasteiger partial charge in [0.15, 0.2) is 0 Å². The fourth-order valence-corrected chi connectivity index (χ4v) is 4.92. The van der Waals surface area contributed by atoms with Crippen LogP contribution in [0.4, 0.5) is 15.3 Å². The van der Waals surface area contributed by atoms with Crippen LogP contribution in [0.3, 0.4) is 0 Å². The molecule has 0 aliphatic heterocycles. The number of alkyl carbamates (subject to hydrolysis) is 2. The summed E-state index contributed by atoms with van der Waals surface area (Å²) in [6.45, 7) is 12.6. The number of amides is 2. The molecular weight excluding hydrogens is 568 g/mol. The summed E-state index contributed by atoms with van der Waals surface area (Å²) in [5.74, 6) is 0. The second kappa shape index (κ2) is 20.6. The van der Waals surface area contributed by atoms with E-state index in [9.17, 15) is 23.9 Å². The highest BCUT2D eigenvalue weighted by Crippen LogP contribution is 2.24. The number of carbonyl (C=O) groups excluding carboxylic acids is 2. The number of carbonyl (C=O) groups is 3. The summed E-state index contributed by atoms with van der Waals surface area (Å²) in [6, 6.07) is 6.12. The van der Waals surface area contributed by atoms with E-state index in [2.05, 4.69) is 10.6 Å². The molecule has 0 aliphatic carbocycles. The number of ether oxygens (including phenoxy) is 2. The van der Waals surface area contributed by atoms with E-state index >= 15 is 0 Å². The molecule has 0 saturated carbocycles. The number of unbranched alkanes of at least 4 members (excludes halogenated alkanes) is 5. The maximum Gasteiger partial charge on any atom is 0.407 e. The molecule has 2 amide bonds. The quantitative estimate of drug-likeness (QED) is 0.0949. The molecule has 0 radical (unpaired) electrons. The number of rotatable bonds is 16. The van der Waals surface area contributed by atoms with Gasteiger partial charge in [-0.2, -0.15) is 0 Å². The van der Waals surface area contributed by atoms with E-state index < -0.39 is 39.3 Å². The third-order valence-corrected chi connectivity index (χ3v) is 6.80. The molecule has 1 atom stereocenters. The van der Waals surface area contributed by atoms with Gasteiger partial charge in [-0.25, -0.2) is 18.1 Å². The van der Waals surface area contributed by atoms with E-state index in [-0.39, 0.29) is 17.1 Å². The van der Waals surface area contributed by atoms with Gasteiger partial charge >= 0.3 is 12.2 Å². The van der Waals surface area contributed by atoms with Crippen LogP contribution in [0.1, 0.15) is 86.5 Å². The molecule has 240 valence electrons. The van der Waals surface area contributed by atoms with E-state index in [4.69, 9.17) is 19.4 Å². The normalized spacial score (nSPS) is 12.0. The minimum Gasteiger partial charge on any atom is -0.483 e. The maximum absolute atomic E-state index is 13.4. The minimum atomic E-state index is -1.68. The van der Waals surface area contributed by atoms with Crippen molar-refractivity contribution in [1.29, 1.82) is 0 Å². The van der Waals surface area contributed by atoms with Crippen molar-refractivity contribution < 1.29 is 38.1 Å². The summed E-state index contributed by atoms with van der Waals surface area (Å²) in [7, 11) is -1.68. The van der Waals surface area contributed by atoms with Gasteiger partial charge in [0.25, 0.3) is 12.2 Å². The molecule has 1 rings (SSSR count). The first kappa shape index (κ1) is 38.7. The Morgan fingerprint density at radius 3 is 1.71 bits per heavy atom. The molecule has 0 aliphatic rings. The smallest absolute Gasteiger partial charge is 0.407 e. The summed E-state index contributed by atoms with van der Waals surface area (Å²) in [6.07, 6.45) is 4.64. The summed E-state index contributed by atoms with van der Waals surface area (Å²) in [5.41, 5.74) is -1.25. The fourth-order valence-electron chi connectivity index (χ4n) is 3.54. The zero-order chi connectivity index (χ0) is 32.2. The van der Waals surface area contributed by atoms with E-state index in [0.29, 0.717) is 26.2 Å². The molecule has 1 aromatic rings. The van der Waals surface area contributed by atoms with Crippen LogP contribution in [-0.2, 0) is 25.3 Å². The first-order valence-corrected chi connectivity index (χ1v) is 15.1. The monoisotopic (exact) mass is 616 g/mol. The van der Waals surface area contributed by atoms with Crippen molar-refractivity contribution in [2.75, 3.05) is 26.2 Å². The number of nitro benzene ring substituents is 1. The number of para-hydroxylation sites is 1. The lowest BCUT2D eigenvalue weighted by Gasteiger charge is -2.21. The van der Waals surface area contributed by atoms with E-state index in [1.54, 1.807) is 37.2 Å². The van der Waals surface area contributed by atoms with Crippen LogP contribution in [-0.4, -0.2) is 74.6 Å². The molecule has 13 nitrogen and oxygen atoms in total. The highest BCUT2D eigenvalue weighted by atomic mass is 32.2. The molecule has 1 unspecified atom stereocenters. The topological polar surface area (TPSA) is 177 Å². The Morgan fingerprint density at radius 2 is 1.29 bits per heavy atom. The summed E-state index contributed by atoms with van der Waals surface area (Å²) in [4.78, 5) is 43.0. The number of nitro groups is 1. The Bertz CT molecular complexity index is 994. The molecule has 42 heavy (non-hydrogen) atoms. The van der Waals surface area contributed by atoms with E-state index in [1.807, 2.05) is 20.8 Å². The van der Waals surface area contributed by atoms with Crippen molar-refractivity contribution in [2.24, 2.45) is 0 Å². The summed E-state index contributed by atoms with van der Waals surface area (Å²) >= 11 is 0. The van der Waals surface area contributed by atoms with Crippen molar-refractivity contribution in [1.82, 2.24) is 14.9 Å². The summed E-state index contributed by atoms with van der Waals surface area (Å²) in [5, 5.41) is 23.8. The van der Waals surface area contributed by atoms with Gasteiger partial charge in [0.2, 0.25) is 0 Å².